The lowest BCUT2D eigenvalue weighted by atomic mass is 10.1. The average Bonchev–Trinajstić information content (AvgIpc) is 2.66. The molecule has 0 aliphatic heterocycles. The third-order valence-corrected chi connectivity index (χ3v) is 3.68. The topological polar surface area (TPSA) is 143 Å². The molecule has 0 fully saturated rings. The minimum absolute atomic E-state index is 0.00292. The van der Waals surface area contributed by atoms with Crippen LogP contribution in [0.5, 0.6) is 5.75 Å². The van der Waals surface area contributed by atoms with E-state index in [1.807, 2.05) is 0 Å². The van der Waals surface area contributed by atoms with Crippen LogP contribution in [0.3, 0.4) is 0 Å². The number of halogens is 1. The van der Waals surface area contributed by atoms with Gasteiger partial charge in [-0.05, 0) is 31.2 Å². The van der Waals surface area contributed by atoms with E-state index < -0.39 is 34.5 Å². The first-order valence-corrected chi connectivity index (χ1v) is 7.78. The quantitative estimate of drug-likeness (QED) is 0.421. The third-order valence-electron chi connectivity index (χ3n) is 3.68. The van der Waals surface area contributed by atoms with Crippen molar-refractivity contribution >= 4 is 23.6 Å². The molecule has 1 unspecified atom stereocenters. The summed E-state index contributed by atoms with van der Waals surface area (Å²) in [6, 6.07) is 8.44. The number of amides is 1. The van der Waals surface area contributed by atoms with Crippen molar-refractivity contribution in [2.75, 3.05) is 11.9 Å². The Hall–Kier alpha value is -3.84. The second kappa shape index (κ2) is 8.24. The predicted molar refractivity (Wildman–Crippen MR) is 94.3 cm³/mol. The van der Waals surface area contributed by atoms with Crippen molar-refractivity contribution in [2.24, 2.45) is 0 Å². The van der Waals surface area contributed by atoms with Crippen molar-refractivity contribution in [3.05, 3.63) is 63.5 Å². The fourth-order valence-corrected chi connectivity index (χ4v) is 2.12. The summed E-state index contributed by atoms with van der Waals surface area (Å²) in [7, 11) is 0. The van der Waals surface area contributed by atoms with Gasteiger partial charge >= 0.3 is 0 Å². The van der Waals surface area contributed by atoms with Crippen LogP contribution < -0.4 is 10.1 Å². The van der Waals surface area contributed by atoms with Crippen LogP contribution in [0.15, 0.2) is 36.4 Å². The highest BCUT2D eigenvalue weighted by atomic mass is 19.1. The molecular weight excluding hydrogens is 373 g/mol. The number of rotatable bonds is 7. The molecule has 0 heterocycles. The van der Waals surface area contributed by atoms with Gasteiger partial charge in [0.1, 0.15) is 24.2 Å². The number of nitro groups is 1. The van der Waals surface area contributed by atoms with E-state index in [4.69, 9.17) is 10.00 Å². The van der Waals surface area contributed by atoms with Gasteiger partial charge in [0, 0.05) is 17.8 Å². The van der Waals surface area contributed by atoms with Gasteiger partial charge in [0.2, 0.25) is 0 Å². The second-order valence-electron chi connectivity index (χ2n) is 5.92. The molecule has 2 aromatic carbocycles. The monoisotopic (exact) mass is 387 g/mol. The number of hydrogen-bond donors (Lipinski definition) is 2. The van der Waals surface area contributed by atoms with Crippen molar-refractivity contribution < 1.29 is 28.7 Å². The molecule has 2 rings (SSSR count). The van der Waals surface area contributed by atoms with E-state index >= 15 is 0 Å². The van der Waals surface area contributed by atoms with Gasteiger partial charge in [0.25, 0.3) is 11.6 Å². The largest absolute Gasteiger partial charge is 0.490 e. The number of carbonyl (C=O) groups is 2. The van der Waals surface area contributed by atoms with Crippen LogP contribution in [0, 0.1) is 27.3 Å². The van der Waals surface area contributed by atoms with Gasteiger partial charge in [-0.2, -0.15) is 5.26 Å². The first-order chi connectivity index (χ1) is 13.2. The summed E-state index contributed by atoms with van der Waals surface area (Å²) in [6.45, 7) is 0.603. The fourth-order valence-electron chi connectivity index (χ4n) is 2.12. The maximum Gasteiger partial charge on any atom is 0.280 e. The lowest BCUT2D eigenvalue weighted by Crippen LogP contribution is -2.45. The summed E-state index contributed by atoms with van der Waals surface area (Å²) in [5.74, 6) is -1.72. The molecule has 0 radical (unpaired) electrons. The van der Waals surface area contributed by atoms with Crippen molar-refractivity contribution in [3.8, 4) is 11.8 Å². The first-order valence-electron chi connectivity index (χ1n) is 7.78. The predicted octanol–water partition coefficient (Wildman–Crippen LogP) is 2.19. The average molecular weight is 387 g/mol. The number of benzene rings is 2. The Labute approximate surface area is 158 Å². The van der Waals surface area contributed by atoms with Crippen LogP contribution in [-0.2, 0) is 4.79 Å². The van der Waals surface area contributed by atoms with Gasteiger partial charge in [0.05, 0.1) is 16.1 Å². The number of ether oxygens (including phenoxy) is 1. The summed E-state index contributed by atoms with van der Waals surface area (Å²) in [5, 5.41) is 32.1. The SMILES string of the molecule is CC(O)(COc1ccc(C#N)c(F)c1)C(=O)Nc1ccc([N+](=O)[O-])c(C=O)c1. The molecule has 144 valence electrons. The van der Waals surface area contributed by atoms with Crippen molar-refractivity contribution in [1.29, 1.82) is 5.26 Å². The molecule has 2 aromatic rings. The number of nitrogens with one attached hydrogen (secondary N) is 1. The molecule has 28 heavy (non-hydrogen) atoms. The van der Waals surface area contributed by atoms with Crippen LogP contribution >= 0.6 is 0 Å². The maximum atomic E-state index is 13.6. The van der Waals surface area contributed by atoms with Crippen LogP contribution in [0.25, 0.3) is 0 Å². The number of aliphatic hydroxyl groups is 1. The number of nitro benzene ring substituents is 1. The van der Waals surface area contributed by atoms with E-state index in [-0.39, 0.29) is 28.8 Å². The molecule has 10 heteroatoms. The zero-order chi connectivity index (χ0) is 20.9. The fraction of sp³-hybridized carbons (Fsp3) is 0.167. The van der Waals surface area contributed by atoms with Gasteiger partial charge in [0.15, 0.2) is 11.9 Å². The molecule has 1 amide bonds. The lowest BCUT2D eigenvalue weighted by molar-refractivity contribution is -0.385. The van der Waals surface area contributed by atoms with Gasteiger partial charge in [-0.1, -0.05) is 0 Å². The maximum absolute atomic E-state index is 13.6. The Kier molecular flexibility index (Phi) is 6.02. The minimum atomic E-state index is -2.05. The van der Waals surface area contributed by atoms with E-state index in [9.17, 15) is 29.2 Å². The van der Waals surface area contributed by atoms with Crippen molar-refractivity contribution in [3.63, 3.8) is 0 Å². The number of carbonyl (C=O) groups excluding carboxylic acids is 2. The van der Waals surface area contributed by atoms with E-state index in [2.05, 4.69) is 5.32 Å². The molecule has 0 aromatic heterocycles. The third kappa shape index (κ3) is 4.66. The number of aldehydes is 1. The summed E-state index contributed by atoms with van der Waals surface area (Å²) in [6.07, 6.45) is 0.272. The standard InChI is InChI=1S/C18H14FN3O6/c1-18(25,10-28-14-4-2-11(8-20)15(19)7-14)17(24)21-13-3-5-16(22(26)27)12(6-13)9-23/h2-7,9,25H,10H2,1H3,(H,21,24). The number of nitrogens with zero attached hydrogens (tertiary/aromatic N) is 2. The van der Waals surface area contributed by atoms with Gasteiger partial charge < -0.3 is 15.2 Å². The van der Waals surface area contributed by atoms with E-state index in [1.54, 1.807) is 6.07 Å². The van der Waals surface area contributed by atoms with Crippen LogP contribution in [0.2, 0.25) is 0 Å². The number of anilines is 1. The molecule has 2 N–H and O–H groups in total. The van der Waals surface area contributed by atoms with E-state index in [1.165, 1.54) is 18.2 Å². The number of nitriles is 1. The molecule has 1 atom stereocenters. The van der Waals surface area contributed by atoms with E-state index in [0.29, 0.717) is 0 Å². The van der Waals surface area contributed by atoms with Crippen LogP contribution in [0.1, 0.15) is 22.8 Å². The highest BCUT2D eigenvalue weighted by molar-refractivity contribution is 5.98. The minimum Gasteiger partial charge on any atom is -0.490 e. The van der Waals surface area contributed by atoms with Crippen molar-refractivity contribution in [1.82, 2.24) is 0 Å². The summed E-state index contributed by atoms with van der Waals surface area (Å²) in [5.41, 5.74) is -2.84. The summed E-state index contributed by atoms with van der Waals surface area (Å²) >= 11 is 0. The molecule has 0 saturated heterocycles. The first kappa shape index (κ1) is 20.5. The highest BCUT2D eigenvalue weighted by Gasteiger charge is 2.32. The molecule has 0 saturated carbocycles. The molecular formula is C18H14FN3O6. The molecule has 0 aliphatic carbocycles. The highest BCUT2D eigenvalue weighted by Crippen LogP contribution is 2.22. The van der Waals surface area contributed by atoms with E-state index in [0.717, 1.165) is 25.1 Å². The number of hydrogen-bond acceptors (Lipinski definition) is 7. The summed E-state index contributed by atoms with van der Waals surface area (Å²) < 4.78 is 18.8. The molecule has 0 bridgehead atoms. The Morgan fingerprint density at radius 2 is 2.14 bits per heavy atom. The Morgan fingerprint density at radius 3 is 2.71 bits per heavy atom. The zero-order valence-corrected chi connectivity index (χ0v) is 14.5. The normalized spacial score (nSPS) is 12.4. The van der Waals surface area contributed by atoms with Gasteiger partial charge in [-0.25, -0.2) is 4.39 Å². The Bertz CT molecular complexity index is 984. The summed E-state index contributed by atoms with van der Waals surface area (Å²) in [4.78, 5) is 33.3. The van der Waals surface area contributed by atoms with Crippen LogP contribution in [-0.4, -0.2) is 34.4 Å². The smallest absolute Gasteiger partial charge is 0.280 e. The van der Waals surface area contributed by atoms with Gasteiger partial charge in [-0.15, -0.1) is 0 Å². The molecule has 9 nitrogen and oxygen atoms in total. The zero-order valence-electron chi connectivity index (χ0n) is 14.5. The van der Waals surface area contributed by atoms with Gasteiger partial charge in [-0.3, -0.25) is 19.7 Å². The molecule has 0 spiro atoms. The lowest BCUT2D eigenvalue weighted by Gasteiger charge is -2.22. The van der Waals surface area contributed by atoms with Crippen LogP contribution in [0.4, 0.5) is 15.8 Å². The second-order valence-corrected chi connectivity index (χ2v) is 5.92. The Morgan fingerprint density at radius 1 is 1.43 bits per heavy atom. The molecule has 0 aliphatic rings. The Balaban J connectivity index is 2.08. The van der Waals surface area contributed by atoms with Crippen molar-refractivity contribution in [2.45, 2.75) is 12.5 Å².